The maximum Gasteiger partial charge on any atom is 0.0640 e. The molecule has 0 unspecified atom stereocenters. The Hall–Kier alpha value is -1.49. The number of unbranched alkanes of at least 4 members (excludes halogenated alkanes) is 1. The molecule has 15 heavy (non-hydrogen) atoms. The molecule has 1 aromatic carbocycles. The van der Waals surface area contributed by atoms with Crippen molar-refractivity contribution in [1.82, 2.24) is 0 Å². The van der Waals surface area contributed by atoms with Crippen LogP contribution in [0.3, 0.4) is 0 Å². The van der Waals surface area contributed by atoms with Crippen molar-refractivity contribution in [2.24, 2.45) is 0 Å². The lowest BCUT2D eigenvalue weighted by Gasteiger charge is -2.23. The average molecular weight is 201 g/mol. The van der Waals surface area contributed by atoms with Gasteiger partial charge < -0.3 is 4.90 Å². The zero-order valence-electron chi connectivity index (χ0n) is 9.24. The molecule has 0 spiro atoms. The predicted octanol–water partition coefficient (Wildman–Crippen LogP) is 3.01. The molecule has 0 aliphatic heterocycles. The van der Waals surface area contributed by atoms with Crippen molar-refractivity contribution in [3.63, 3.8) is 0 Å². The SMILES string of the molecule is CCCCN(CCC#N)c1cc[c]cc1. The Kier molecular flexibility index (Phi) is 5.32. The minimum absolute atomic E-state index is 0.586. The van der Waals surface area contributed by atoms with Crippen molar-refractivity contribution >= 4 is 5.69 Å². The third-order valence-electron chi connectivity index (χ3n) is 2.34. The molecule has 0 N–H and O–H groups in total. The van der Waals surface area contributed by atoms with Crippen LogP contribution < -0.4 is 4.90 Å². The maximum atomic E-state index is 8.60. The Morgan fingerprint density at radius 2 is 2.07 bits per heavy atom. The molecule has 2 heteroatoms. The van der Waals surface area contributed by atoms with Crippen LogP contribution in [0.5, 0.6) is 0 Å². The van der Waals surface area contributed by atoms with Crippen LogP contribution in [-0.4, -0.2) is 13.1 Å². The summed E-state index contributed by atoms with van der Waals surface area (Å²) in [6, 6.07) is 13.1. The quantitative estimate of drug-likeness (QED) is 0.707. The van der Waals surface area contributed by atoms with Gasteiger partial charge in [0.2, 0.25) is 0 Å². The van der Waals surface area contributed by atoms with Crippen molar-refractivity contribution in [2.75, 3.05) is 18.0 Å². The van der Waals surface area contributed by atoms with Crippen molar-refractivity contribution < 1.29 is 0 Å². The standard InChI is InChI=1S/C13H17N2/c1-2-3-11-15(12-7-10-14)13-8-5-4-6-9-13/h5-6,8-9H,2-3,7,11-12H2,1H3. The van der Waals surface area contributed by atoms with E-state index in [0.29, 0.717) is 6.42 Å². The van der Waals surface area contributed by atoms with Gasteiger partial charge in [-0.3, -0.25) is 0 Å². The van der Waals surface area contributed by atoms with E-state index in [2.05, 4.69) is 24.0 Å². The Morgan fingerprint density at radius 3 is 2.67 bits per heavy atom. The Balaban J connectivity index is 2.59. The summed E-state index contributed by atoms with van der Waals surface area (Å²) in [5.41, 5.74) is 1.19. The van der Waals surface area contributed by atoms with E-state index >= 15 is 0 Å². The van der Waals surface area contributed by atoms with Crippen LogP contribution >= 0.6 is 0 Å². The summed E-state index contributed by atoms with van der Waals surface area (Å²) in [6.45, 7) is 4.03. The van der Waals surface area contributed by atoms with Gasteiger partial charge in [-0.05, 0) is 24.6 Å². The second kappa shape index (κ2) is 6.89. The third kappa shape index (κ3) is 4.03. The highest BCUT2D eigenvalue weighted by Crippen LogP contribution is 2.13. The van der Waals surface area contributed by atoms with Gasteiger partial charge in [-0.1, -0.05) is 25.5 Å². The zero-order chi connectivity index (χ0) is 10.9. The van der Waals surface area contributed by atoms with Crippen molar-refractivity contribution in [3.05, 3.63) is 30.3 Å². The highest BCUT2D eigenvalue weighted by atomic mass is 15.1. The molecular formula is C13H17N2. The molecule has 0 amide bonds. The minimum atomic E-state index is 0.586. The van der Waals surface area contributed by atoms with Crippen LogP contribution in [0.2, 0.25) is 0 Å². The van der Waals surface area contributed by atoms with E-state index in [9.17, 15) is 0 Å². The highest BCUT2D eigenvalue weighted by Gasteiger charge is 2.04. The van der Waals surface area contributed by atoms with Crippen LogP contribution in [-0.2, 0) is 0 Å². The Morgan fingerprint density at radius 1 is 1.33 bits per heavy atom. The summed E-state index contributed by atoms with van der Waals surface area (Å²) >= 11 is 0. The molecule has 1 aromatic rings. The van der Waals surface area contributed by atoms with E-state index < -0.39 is 0 Å². The largest absolute Gasteiger partial charge is 0.371 e. The first-order chi connectivity index (χ1) is 7.38. The number of nitriles is 1. The maximum absolute atomic E-state index is 8.60. The topological polar surface area (TPSA) is 27.0 Å². The smallest absolute Gasteiger partial charge is 0.0640 e. The molecule has 1 radical (unpaired) electrons. The van der Waals surface area contributed by atoms with Crippen LogP contribution in [0.15, 0.2) is 24.3 Å². The van der Waals surface area contributed by atoms with E-state index in [4.69, 9.17) is 5.26 Å². The molecule has 0 saturated carbocycles. The molecule has 0 bridgehead atoms. The molecule has 0 aromatic heterocycles. The molecule has 0 aliphatic rings. The van der Waals surface area contributed by atoms with Gasteiger partial charge in [-0.25, -0.2) is 0 Å². The molecule has 0 fully saturated rings. The number of hydrogen-bond donors (Lipinski definition) is 0. The van der Waals surface area contributed by atoms with E-state index in [0.717, 1.165) is 13.1 Å². The number of benzene rings is 1. The highest BCUT2D eigenvalue weighted by molar-refractivity contribution is 5.45. The summed E-state index contributed by atoms with van der Waals surface area (Å²) in [5, 5.41) is 8.60. The van der Waals surface area contributed by atoms with E-state index in [1.165, 1.54) is 18.5 Å². The second-order valence-corrected chi connectivity index (χ2v) is 3.51. The number of anilines is 1. The lowest BCUT2D eigenvalue weighted by molar-refractivity contribution is 0.718. The van der Waals surface area contributed by atoms with Gasteiger partial charge in [0.25, 0.3) is 0 Å². The fourth-order valence-corrected chi connectivity index (χ4v) is 1.49. The monoisotopic (exact) mass is 201 g/mol. The summed E-state index contributed by atoms with van der Waals surface area (Å²) < 4.78 is 0. The molecular weight excluding hydrogens is 184 g/mol. The number of rotatable bonds is 6. The van der Waals surface area contributed by atoms with E-state index in [1.807, 2.05) is 24.3 Å². The zero-order valence-corrected chi connectivity index (χ0v) is 9.24. The van der Waals surface area contributed by atoms with Gasteiger partial charge in [-0.2, -0.15) is 5.26 Å². The van der Waals surface area contributed by atoms with Gasteiger partial charge in [0.15, 0.2) is 0 Å². The number of nitrogens with zero attached hydrogens (tertiary/aromatic N) is 2. The van der Waals surface area contributed by atoms with Gasteiger partial charge in [0, 0.05) is 18.8 Å². The molecule has 2 nitrogen and oxygen atoms in total. The molecule has 0 aliphatic carbocycles. The van der Waals surface area contributed by atoms with Crippen molar-refractivity contribution in [2.45, 2.75) is 26.2 Å². The first kappa shape index (κ1) is 11.6. The van der Waals surface area contributed by atoms with Crippen molar-refractivity contribution in [3.8, 4) is 6.07 Å². The second-order valence-electron chi connectivity index (χ2n) is 3.51. The first-order valence-electron chi connectivity index (χ1n) is 5.46. The minimum Gasteiger partial charge on any atom is -0.371 e. The van der Waals surface area contributed by atoms with Gasteiger partial charge in [0.1, 0.15) is 0 Å². The van der Waals surface area contributed by atoms with Crippen LogP contribution in [0.4, 0.5) is 5.69 Å². The van der Waals surface area contributed by atoms with Crippen molar-refractivity contribution in [1.29, 1.82) is 5.26 Å². The molecule has 0 atom stereocenters. The summed E-state index contributed by atoms with van der Waals surface area (Å²) in [4.78, 5) is 2.26. The molecule has 79 valence electrons. The third-order valence-corrected chi connectivity index (χ3v) is 2.34. The van der Waals surface area contributed by atoms with Crippen LogP contribution in [0.25, 0.3) is 0 Å². The van der Waals surface area contributed by atoms with Gasteiger partial charge in [0.05, 0.1) is 12.5 Å². The summed E-state index contributed by atoms with van der Waals surface area (Å²) in [7, 11) is 0. The predicted molar refractivity (Wildman–Crippen MR) is 62.6 cm³/mol. The molecule has 0 heterocycles. The summed E-state index contributed by atoms with van der Waals surface area (Å²) in [6.07, 6.45) is 2.94. The van der Waals surface area contributed by atoms with Gasteiger partial charge in [-0.15, -0.1) is 0 Å². The average Bonchev–Trinajstić information content (AvgIpc) is 2.30. The fraction of sp³-hybridized carbons (Fsp3) is 0.462. The lowest BCUT2D eigenvalue weighted by atomic mass is 10.2. The fourth-order valence-electron chi connectivity index (χ4n) is 1.49. The first-order valence-corrected chi connectivity index (χ1v) is 5.46. The normalized spacial score (nSPS) is 9.60. The van der Waals surface area contributed by atoms with Gasteiger partial charge >= 0.3 is 0 Å². The van der Waals surface area contributed by atoms with Crippen LogP contribution in [0.1, 0.15) is 26.2 Å². The Labute approximate surface area is 92.1 Å². The number of hydrogen-bond acceptors (Lipinski definition) is 2. The molecule has 0 saturated heterocycles. The van der Waals surface area contributed by atoms with E-state index in [-0.39, 0.29) is 0 Å². The lowest BCUT2D eigenvalue weighted by Crippen LogP contribution is -2.25. The Bertz CT molecular complexity index is 300. The summed E-state index contributed by atoms with van der Waals surface area (Å²) in [5.74, 6) is 0. The van der Waals surface area contributed by atoms with Crippen LogP contribution in [0, 0.1) is 17.4 Å². The van der Waals surface area contributed by atoms with E-state index in [1.54, 1.807) is 0 Å². The molecule has 1 rings (SSSR count).